The minimum Gasteiger partial charge on any atom is -0.357 e. The smallest absolute Gasteiger partial charge is 0.326 e. The van der Waals surface area contributed by atoms with Crippen LogP contribution in [0.5, 0.6) is 0 Å². The van der Waals surface area contributed by atoms with Crippen LogP contribution in [0.2, 0.25) is 0 Å². The largest absolute Gasteiger partial charge is 0.357 e. The Balaban J connectivity index is 0.000000159. The number of hydrogen-bond donors (Lipinski definition) is 2. The molecule has 12 heteroatoms. The molecule has 5 aliphatic rings. The Morgan fingerprint density at radius 1 is 0.765 bits per heavy atom. The van der Waals surface area contributed by atoms with Crippen molar-refractivity contribution >= 4 is 12.2 Å². The summed E-state index contributed by atoms with van der Waals surface area (Å²) < 4.78 is 1.95. The maximum atomic E-state index is 13.2. The van der Waals surface area contributed by atoms with Gasteiger partial charge in [0.05, 0.1) is 54.3 Å². The van der Waals surface area contributed by atoms with Crippen molar-refractivity contribution in [3.63, 3.8) is 0 Å². The summed E-state index contributed by atoms with van der Waals surface area (Å²) in [6.07, 6.45) is 12.5. The van der Waals surface area contributed by atoms with Gasteiger partial charge in [0.1, 0.15) is 11.6 Å². The number of nitrogens with zero attached hydrogens (tertiary/aromatic N) is 9. The first-order chi connectivity index (χ1) is 24.9. The number of carbonyl (C=O) groups excluding carboxylic acids is 1. The van der Waals surface area contributed by atoms with E-state index in [0.29, 0.717) is 18.7 Å². The zero-order valence-corrected chi connectivity index (χ0v) is 29.1. The van der Waals surface area contributed by atoms with Gasteiger partial charge in [-0.3, -0.25) is 4.90 Å². The summed E-state index contributed by atoms with van der Waals surface area (Å²) in [6, 6.07) is 22.5. The predicted molar refractivity (Wildman–Crippen MR) is 194 cm³/mol. The van der Waals surface area contributed by atoms with Crippen LogP contribution in [0.15, 0.2) is 78.5 Å². The Bertz CT molecular complexity index is 1870. The molecule has 5 aliphatic heterocycles. The molecule has 2 aromatic carbocycles. The third-order valence-electron chi connectivity index (χ3n) is 10.6. The Labute approximate surface area is 300 Å². The van der Waals surface area contributed by atoms with Gasteiger partial charge in [0, 0.05) is 57.5 Å². The van der Waals surface area contributed by atoms with Gasteiger partial charge in [-0.15, -0.1) is 0 Å². The minimum atomic E-state index is 0.0527. The fraction of sp³-hybridized carbons (Fsp3) is 0.436. The molecule has 3 aromatic rings. The summed E-state index contributed by atoms with van der Waals surface area (Å²) in [7, 11) is 0. The number of nitriles is 2. The van der Waals surface area contributed by atoms with E-state index in [4.69, 9.17) is 11.5 Å². The van der Waals surface area contributed by atoms with Crippen molar-refractivity contribution in [3.8, 4) is 12.1 Å². The van der Waals surface area contributed by atoms with Crippen molar-refractivity contribution in [1.29, 1.82) is 10.5 Å². The van der Waals surface area contributed by atoms with Crippen molar-refractivity contribution in [3.05, 3.63) is 106 Å². The number of amides is 2. The van der Waals surface area contributed by atoms with Gasteiger partial charge >= 0.3 is 6.03 Å². The average molecular weight is 686 g/mol. The maximum absolute atomic E-state index is 13.2. The van der Waals surface area contributed by atoms with Crippen LogP contribution in [0, 0.1) is 22.7 Å². The zero-order valence-electron chi connectivity index (χ0n) is 29.1. The van der Waals surface area contributed by atoms with Crippen LogP contribution in [-0.2, 0) is 19.6 Å². The number of benzene rings is 2. The lowest BCUT2D eigenvalue weighted by Gasteiger charge is -2.44. The van der Waals surface area contributed by atoms with E-state index in [1.54, 1.807) is 0 Å². The number of piperidine rings is 2. The number of hydrogen-bond acceptors (Lipinski definition) is 9. The van der Waals surface area contributed by atoms with E-state index >= 15 is 0 Å². The normalized spacial score (nSPS) is 22.9. The van der Waals surface area contributed by atoms with Gasteiger partial charge in [0.25, 0.3) is 0 Å². The molecule has 1 aromatic heterocycles. The molecule has 0 bridgehead atoms. The van der Waals surface area contributed by atoms with E-state index in [-0.39, 0.29) is 24.2 Å². The summed E-state index contributed by atoms with van der Waals surface area (Å²) in [6.45, 7) is 6.28. The average Bonchev–Trinajstić information content (AvgIpc) is 3.83. The monoisotopic (exact) mass is 685 g/mol. The van der Waals surface area contributed by atoms with E-state index in [9.17, 15) is 15.3 Å². The molecule has 0 saturated carbocycles. The van der Waals surface area contributed by atoms with Gasteiger partial charge in [-0.05, 0) is 73.9 Å². The fourth-order valence-corrected chi connectivity index (χ4v) is 7.96. The van der Waals surface area contributed by atoms with Gasteiger partial charge < -0.3 is 31.1 Å². The number of urea groups is 1. The summed E-state index contributed by atoms with van der Waals surface area (Å²) in [5.41, 5.74) is 16.8. The number of nitrogens with two attached hydrogens (primary N) is 2. The molecule has 0 aliphatic carbocycles. The van der Waals surface area contributed by atoms with E-state index in [2.05, 4.69) is 44.2 Å². The second kappa shape index (κ2) is 15.3. The Morgan fingerprint density at radius 3 is 2.02 bits per heavy atom. The number of fused-ring (bicyclic) bond motifs is 2. The van der Waals surface area contributed by atoms with Crippen LogP contribution in [-0.4, -0.2) is 91.2 Å². The SMILES string of the molecule is N#Cc1ccccc1CN1C(=O)N2CCCC2C=C1N1CCC[C@@H](N)C1.N#Cc1ccccc1CN1Cc2ccnn2C=C1N1CCC[C@@H](N)C1. The summed E-state index contributed by atoms with van der Waals surface area (Å²) in [5.74, 6) is 2.11. The first kappa shape index (κ1) is 34.2. The van der Waals surface area contributed by atoms with Gasteiger partial charge in [-0.25, -0.2) is 9.48 Å². The molecular formula is C39H47N11O. The first-order valence-electron chi connectivity index (χ1n) is 18.2. The van der Waals surface area contributed by atoms with Gasteiger partial charge in [-0.1, -0.05) is 36.4 Å². The van der Waals surface area contributed by atoms with Crippen LogP contribution in [0.1, 0.15) is 66.5 Å². The lowest BCUT2D eigenvalue weighted by molar-refractivity contribution is 0.120. The summed E-state index contributed by atoms with van der Waals surface area (Å²) in [5, 5.41) is 23.2. The maximum Gasteiger partial charge on any atom is 0.326 e. The highest BCUT2D eigenvalue weighted by molar-refractivity contribution is 5.79. The fourth-order valence-electron chi connectivity index (χ4n) is 7.96. The molecule has 4 N–H and O–H groups in total. The predicted octanol–water partition coefficient (Wildman–Crippen LogP) is 4.17. The molecule has 0 radical (unpaired) electrons. The van der Waals surface area contributed by atoms with Gasteiger partial charge in [-0.2, -0.15) is 15.6 Å². The number of likely N-dealkylation sites (tertiary alicyclic amines) is 2. The quantitative estimate of drug-likeness (QED) is 0.390. The van der Waals surface area contributed by atoms with Crippen LogP contribution in [0.25, 0.3) is 6.20 Å². The standard InChI is InChI=1S/C20H25N5O.C19H22N6/c21-12-15-5-1-2-6-16(15)13-25-19(23-9-3-7-17(22)14-23)11-18-8-4-10-24(18)20(25)26;20-10-15-4-1-2-5-16(15)11-24-13-18-7-8-22-25(18)14-19(24)23-9-3-6-17(21)12-23/h1-2,5-6,11,17-18H,3-4,7-10,13-14,22H2;1-2,4-5,7-8,14,17H,3,6,9,11-13,21H2/t17-,18?;17-/m11/s1. The topological polar surface area (TPSA) is 151 Å². The third kappa shape index (κ3) is 7.43. The number of aromatic nitrogens is 2. The third-order valence-corrected chi connectivity index (χ3v) is 10.6. The molecule has 1 unspecified atom stereocenters. The molecule has 2 amide bonds. The van der Waals surface area contributed by atoms with E-state index in [1.807, 2.05) is 75.3 Å². The lowest BCUT2D eigenvalue weighted by Crippen LogP contribution is -2.54. The highest BCUT2D eigenvalue weighted by Gasteiger charge is 2.39. The number of carbonyl (C=O) groups is 1. The van der Waals surface area contributed by atoms with Crippen molar-refractivity contribution in [2.24, 2.45) is 11.5 Å². The molecule has 6 heterocycles. The summed E-state index contributed by atoms with van der Waals surface area (Å²) in [4.78, 5) is 24.0. The highest BCUT2D eigenvalue weighted by Crippen LogP contribution is 2.32. The molecule has 264 valence electrons. The van der Waals surface area contributed by atoms with Crippen LogP contribution in [0.4, 0.5) is 4.79 Å². The van der Waals surface area contributed by atoms with Crippen molar-refractivity contribution in [1.82, 2.24) is 34.3 Å². The van der Waals surface area contributed by atoms with E-state index in [1.165, 1.54) is 0 Å². The van der Waals surface area contributed by atoms with Gasteiger partial charge in [0.2, 0.25) is 0 Å². The molecule has 3 atom stereocenters. The Morgan fingerprint density at radius 2 is 1.37 bits per heavy atom. The van der Waals surface area contributed by atoms with Gasteiger partial charge in [0.15, 0.2) is 0 Å². The van der Waals surface area contributed by atoms with Crippen LogP contribution < -0.4 is 11.5 Å². The zero-order chi connectivity index (χ0) is 35.3. The summed E-state index contributed by atoms with van der Waals surface area (Å²) >= 11 is 0. The molecular weight excluding hydrogens is 639 g/mol. The number of rotatable bonds is 6. The Hall–Kier alpha value is -5.30. The van der Waals surface area contributed by atoms with Crippen molar-refractivity contribution in [2.45, 2.75) is 76.3 Å². The molecule has 3 fully saturated rings. The molecule has 3 saturated heterocycles. The molecule has 51 heavy (non-hydrogen) atoms. The second-order valence-electron chi connectivity index (χ2n) is 14.1. The van der Waals surface area contributed by atoms with E-state index in [0.717, 1.165) is 112 Å². The minimum absolute atomic E-state index is 0.0527. The van der Waals surface area contributed by atoms with Crippen LogP contribution >= 0.6 is 0 Å². The van der Waals surface area contributed by atoms with Crippen molar-refractivity contribution < 1.29 is 4.79 Å². The first-order valence-corrected chi connectivity index (χ1v) is 18.2. The Kier molecular flexibility index (Phi) is 10.2. The molecule has 0 spiro atoms. The molecule has 8 rings (SSSR count). The second-order valence-corrected chi connectivity index (χ2v) is 14.1. The molecule has 12 nitrogen and oxygen atoms in total. The van der Waals surface area contributed by atoms with Crippen molar-refractivity contribution in [2.75, 3.05) is 32.7 Å². The highest BCUT2D eigenvalue weighted by atomic mass is 16.2. The van der Waals surface area contributed by atoms with Crippen LogP contribution in [0.3, 0.4) is 0 Å². The lowest BCUT2D eigenvalue weighted by atomic mass is 10.0. The van der Waals surface area contributed by atoms with E-state index < -0.39 is 0 Å².